The van der Waals surface area contributed by atoms with Crippen LogP contribution >= 0.6 is 24.2 Å². The Morgan fingerprint density at radius 2 is 2.19 bits per heavy atom. The number of nitrogens with one attached hydrogen (secondary N) is 1. The summed E-state index contributed by atoms with van der Waals surface area (Å²) in [5.74, 6) is 1.64. The molecule has 4 rings (SSSR count). The fourth-order valence-electron chi connectivity index (χ4n) is 3.40. The van der Waals surface area contributed by atoms with Gasteiger partial charge in [-0.25, -0.2) is 15.0 Å². The van der Waals surface area contributed by atoms with E-state index in [2.05, 4.69) is 19.9 Å². The zero-order valence-corrected chi connectivity index (χ0v) is 15.9. The molecule has 1 fully saturated rings. The molecule has 0 saturated carbocycles. The van der Waals surface area contributed by atoms with Crippen LogP contribution in [-0.4, -0.2) is 62.2 Å². The molecule has 4 heterocycles. The second-order valence-corrected chi connectivity index (χ2v) is 7.35. The molecule has 0 aromatic carbocycles. The van der Waals surface area contributed by atoms with E-state index in [9.17, 15) is 4.79 Å². The van der Waals surface area contributed by atoms with Crippen LogP contribution in [0, 0.1) is 0 Å². The number of rotatable bonds is 3. The maximum absolute atomic E-state index is 13.0. The van der Waals surface area contributed by atoms with Gasteiger partial charge >= 0.3 is 0 Å². The number of hydrogen-bond acceptors (Lipinski definition) is 7. The van der Waals surface area contributed by atoms with Gasteiger partial charge in [-0.3, -0.25) is 4.79 Å². The van der Waals surface area contributed by atoms with Gasteiger partial charge in [0.25, 0.3) is 5.91 Å². The summed E-state index contributed by atoms with van der Waals surface area (Å²) in [5.41, 5.74) is 7.29. The van der Waals surface area contributed by atoms with Crippen molar-refractivity contribution < 1.29 is 4.79 Å². The predicted octanol–water partition coefficient (Wildman–Crippen LogP) is 1.51. The first kappa shape index (κ1) is 18.9. The van der Waals surface area contributed by atoms with E-state index in [4.69, 9.17) is 5.73 Å². The molecular weight excluding hydrogens is 374 g/mol. The molecule has 10 heteroatoms. The van der Waals surface area contributed by atoms with Gasteiger partial charge in [0.2, 0.25) is 0 Å². The SMILES string of the molecule is Cl.NC[C@H]1CCCCN1C(=O)C1=CN(c2ncnc3[nH]cnc23)CCS1. The number of hydrogen-bond donors (Lipinski definition) is 2. The van der Waals surface area contributed by atoms with Crippen LogP contribution in [0.1, 0.15) is 19.3 Å². The van der Waals surface area contributed by atoms with E-state index < -0.39 is 0 Å². The number of amides is 1. The number of nitrogens with zero attached hydrogens (tertiary/aromatic N) is 5. The number of thioether (sulfide) groups is 1. The highest BCUT2D eigenvalue weighted by atomic mass is 35.5. The van der Waals surface area contributed by atoms with Crippen molar-refractivity contribution in [1.29, 1.82) is 0 Å². The molecule has 0 spiro atoms. The molecule has 2 aliphatic rings. The van der Waals surface area contributed by atoms with Crippen molar-refractivity contribution in [2.24, 2.45) is 5.73 Å². The molecule has 3 N–H and O–H groups in total. The van der Waals surface area contributed by atoms with E-state index >= 15 is 0 Å². The zero-order valence-electron chi connectivity index (χ0n) is 14.3. The van der Waals surface area contributed by atoms with Gasteiger partial charge in [0.1, 0.15) is 6.33 Å². The second kappa shape index (κ2) is 8.24. The van der Waals surface area contributed by atoms with E-state index in [0.29, 0.717) is 12.2 Å². The third-order valence-electron chi connectivity index (χ3n) is 4.70. The van der Waals surface area contributed by atoms with Gasteiger partial charge in [-0.2, -0.15) is 0 Å². The number of imidazole rings is 1. The standard InChI is InChI=1S/C16H21N7OS.ClH/c17-7-11-3-1-2-4-23(11)16(24)12-8-22(5-6-25-12)15-13-14(19-9-18-13)20-10-21-15;/h8-11H,1-7,17H2,(H,18,19,20,21);1H/t11-;/m1./s1. The molecule has 2 aromatic heterocycles. The van der Waals surface area contributed by atoms with Crippen LogP contribution in [0.25, 0.3) is 11.2 Å². The van der Waals surface area contributed by atoms with Crippen LogP contribution in [0.3, 0.4) is 0 Å². The Morgan fingerprint density at radius 3 is 3.04 bits per heavy atom. The van der Waals surface area contributed by atoms with E-state index in [1.807, 2.05) is 16.0 Å². The molecule has 2 aromatic rings. The third kappa shape index (κ3) is 3.51. The van der Waals surface area contributed by atoms with Crippen molar-refractivity contribution in [3.05, 3.63) is 23.8 Å². The number of likely N-dealkylation sites (tertiary alicyclic amines) is 1. The first-order valence-corrected chi connectivity index (χ1v) is 9.53. The van der Waals surface area contributed by atoms with E-state index in [0.717, 1.165) is 54.3 Å². The first-order chi connectivity index (χ1) is 12.3. The number of nitrogens with two attached hydrogens (primary N) is 1. The monoisotopic (exact) mass is 395 g/mol. The Balaban J connectivity index is 0.00000196. The maximum Gasteiger partial charge on any atom is 0.262 e. The molecule has 2 aliphatic heterocycles. The van der Waals surface area contributed by atoms with Gasteiger partial charge in [0, 0.05) is 37.6 Å². The highest BCUT2D eigenvalue weighted by Crippen LogP contribution is 2.30. The third-order valence-corrected chi connectivity index (χ3v) is 5.68. The summed E-state index contributed by atoms with van der Waals surface area (Å²) in [7, 11) is 0. The summed E-state index contributed by atoms with van der Waals surface area (Å²) in [6.07, 6.45) is 8.20. The lowest BCUT2D eigenvalue weighted by atomic mass is 10.0. The van der Waals surface area contributed by atoms with Crippen molar-refractivity contribution >= 4 is 47.1 Å². The maximum atomic E-state index is 13.0. The lowest BCUT2D eigenvalue weighted by Gasteiger charge is -2.36. The molecular formula is C16H22ClN7OS. The number of H-pyrrole nitrogens is 1. The fraction of sp³-hybridized carbons (Fsp3) is 0.500. The summed E-state index contributed by atoms with van der Waals surface area (Å²) in [4.78, 5) is 33.5. The van der Waals surface area contributed by atoms with Crippen LogP contribution in [0.4, 0.5) is 5.82 Å². The molecule has 0 unspecified atom stereocenters. The van der Waals surface area contributed by atoms with Crippen LogP contribution in [0.2, 0.25) is 0 Å². The molecule has 0 bridgehead atoms. The van der Waals surface area contributed by atoms with Crippen LogP contribution in [-0.2, 0) is 4.79 Å². The minimum absolute atomic E-state index is 0. The van der Waals surface area contributed by atoms with Gasteiger partial charge in [-0.15, -0.1) is 24.2 Å². The average molecular weight is 396 g/mol. The number of anilines is 1. The summed E-state index contributed by atoms with van der Waals surface area (Å²) in [6.45, 7) is 2.09. The lowest BCUT2D eigenvalue weighted by molar-refractivity contribution is -0.129. The lowest BCUT2D eigenvalue weighted by Crippen LogP contribution is -2.48. The van der Waals surface area contributed by atoms with Gasteiger partial charge < -0.3 is 20.5 Å². The number of carbonyl (C=O) groups is 1. The minimum atomic E-state index is 0. The number of aromatic amines is 1. The van der Waals surface area contributed by atoms with Crippen molar-refractivity contribution in [1.82, 2.24) is 24.8 Å². The average Bonchev–Trinajstić information content (AvgIpc) is 3.16. The van der Waals surface area contributed by atoms with E-state index in [-0.39, 0.29) is 24.4 Å². The molecule has 0 aliphatic carbocycles. The number of piperidine rings is 1. The Labute approximate surface area is 162 Å². The van der Waals surface area contributed by atoms with E-state index in [1.165, 1.54) is 6.33 Å². The van der Waals surface area contributed by atoms with Gasteiger partial charge in [0.15, 0.2) is 17.0 Å². The Hall–Kier alpha value is -1.84. The van der Waals surface area contributed by atoms with Crippen molar-refractivity contribution in [3.63, 3.8) is 0 Å². The summed E-state index contributed by atoms with van der Waals surface area (Å²) in [5, 5.41) is 0. The van der Waals surface area contributed by atoms with Crippen molar-refractivity contribution in [3.8, 4) is 0 Å². The molecule has 8 nitrogen and oxygen atoms in total. The summed E-state index contributed by atoms with van der Waals surface area (Å²) < 4.78 is 0. The Kier molecular flexibility index (Phi) is 6.00. The quantitative estimate of drug-likeness (QED) is 0.811. The second-order valence-electron chi connectivity index (χ2n) is 6.22. The number of fused-ring (bicyclic) bond motifs is 1. The minimum Gasteiger partial charge on any atom is -0.334 e. The van der Waals surface area contributed by atoms with Gasteiger partial charge in [-0.1, -0.05) is 0 Å². The molecule has 1 amide bonds. The normalized spacial score (nSPS) is 20.7. The molecule has 26 heavy (non-hydrogen) atoms. The largest absolute Gasteiger partial charge is 0.334 e. The highest BCUT2D eigenvalue weighted by Gasteiger charge is 2.30. The molecule has 1 atom stereocenters. The number of aromatic nitrogens is 4. The predicted molar refractivity (Wildman–Crippen MR) is 105 cm³/mol. The van der Waals surface area contributed by atoms with E-state index in [1.54, 1.807) is 18.1 Å². The smallest absolute Gasteiger partial charge is 0.262 e. The van der Waals surface area contributed by atoms with Gasteiger partial charge in [0.05, 0.1) is 11.2 Å². The number of carbonyl (C=O) groups excluding carboxylic acids is 1. The molecule has 1 saturated heterocycles. The zero-order chi connectivity index (χ0) is 17.2. The number of halogens is 1. The Morgan fingerprint density at radius 1 is 1.31 bits per heavy atom. The van der Waals surface area contributed by atoms with Crippen LogP contribution in [0.5, 0.6) is 0 Å². The highest BCUT2D eigenvalue weighted by molar-refractivity contribution is 8.04. The van der Waals surface area contributed by atoms with Crippen LogP contribution < -0.4 is 10.6 Å². The topological polar surface area (TPSA) is 104 Å². The molecule has 0 radical (unpaired) electrons. The summed E-state index contributed by atoms with van der Waals surface area (Å²) >= 11 is 1.60. The fourth-order valence-corrected chi connectivity index (χ4v) is 4.35. The summed E-state index contributed by atoms with van der Waals surface area (Å²) in [6, 6.07) is 0.148. The molecule has 140 valence electrons. The first-order valence-electron chi connectivity index (χ1n) is 8.54. The van der Waals surface area contributed by atoms with Gasteiger partial charge in [-0.05, 0) is 19.3 Å². The Bertz CT molecular complexity index is 811. The van der Waals surface area contributed by atoms with Crippen molar-refractivity contribution in [2.45, 2.75) is 25.3 Å². The van der Waals surface area contributed by atoms with Crippen LogP contribution in [0.15, 0.2) is 23.8 Å². The van der Waals surface area contributed by atoms with Crippen molar-refractivity contribution in [2.75, 3.05) is 30.3 Å².